The van der Waals surface area contributed by atoms with Crippen LogP contribution in [0.15, 0.2) is 23.0 Å². The van der Waals surface area contributed by atoms with Crippen molar-refractivity contribution in [3.05, 3.63) is 56.0 Å². The van der Waals surface area contributed by atoms with Crippen molar-refractivity contribution < 1.29 is 0 Å². The highest BCUT2D eigenvalue weighted by Gasteiger charge is 2.13. The van der Waals surface area contributed by atoms with Crippen molar-refractivity contribution in [1.29, 1.82) is 5.26 Å². The standard InChI is InChI=1S/C15H13ClN2O/c1-8-5-14(16)9(2)4-11(8)12-6-10(3)18-15(19)13(12)7-17/h4-6H,1-3H3,(H,18,19). The van der Waals surface area contributed by atoms with Gasteiger partial charge in [-0.2, -0.15) is 5.26 Å². The summed E-state index contributed by atoms with van der Waals surface area (Å²) in [6.07, 6.45) is 0. The van der Waals surface area contributed by atoms with Crippen LogP contribution in [0.5, 0.6) is 0 Å². The average Bonchev–Trinajstić information content (AvgIpc) is 2.33. The number of aromatic amines is 1. The third kappa shape index (κ3) is 2.40. The number of nitriles is 1. The highest BCUT2D eigenvalue weighted by molar-refractivity contribution is 6.31. The van der Waals surface area contributed by atoms with E-state index in [1.165, 1.54) is 0 Å². The number of benzene rings is 1. The molecule has 2 aromatic rings. The minimum Gasteiger partial charge on any atom is -0.325 e. The molecule has 0 aliphatic rings. The molecule has 1 N–H and O–H groups in total. The Kier molecular flexibility index (Phi) is 3.46. The van der Waals surface area contributed by atoms with Gasteiger partial charge in [-0.15, -0.1) is 0 Å². The summed E-state index contributed by atoms with van der Waals surface area (Å²) in [4.78, 5) is 14.5. The predicted molar refractivity (Wildman–Crippen MR) is 76.4 cm³/mol. The van der Waals surface area contributed by atoms with E-state index in [4.69, 9.17) is 11.6 Å². The molecule has 96 valence electrons. The zero-order valence-corrected chi connectivity index (χ0v) is 11.7. The fourth-order valence-electron chi connectivity index (χ4n) is 2.08. The lowest BCUT2D eigenvalue weighted by molar-refractivity contribution is 1.13. The summed E-state index contributed by atoms with van der Waals surface area (Å²) in [5, 5.41) is 9.85. The maximum atomic E-state index is 11.8. The first kappa shape index (κ1) is 13.4. The summed E-state index contributed by atoms with van der Waals surface area (Å²) in [7, 11) is 0. The van der Waals surface area contributed by atoms with Gasteiger partial charge in [-0.3, -0.25) is 4.79 Å². The maximum absolute atomic E-state index is 11.8. The van der Waals surface area contributed by atoms with Crippen LogP contribution in [0.2, 0.25) is 5.02 Å². The van der Waals surface area contributed by atoms with Gasteiger partial charge in [0.05, 0.1) is 0 Å². The van der Waals surface area contributed by atoms with Gasteiger partial charge in [-0.1, -0.05) is 11.6 Å². The molecule has 1 aromatic heterocycles. The van der Waals surface area contributed by atoms with E-state index in [0.29, 0.717) is 10.6 Å². The number of pyridine rings is 1. The van der Waals surface area contributed by atoms with Gasteiger partial charge in [0.25, 0.3) is 5.56 Å². The van der Waals surface area contributed by atoms with Gasteiger partial charge in [0.2, 0.25) is 0 Å². The molecule has 0 saturated heterocycles. The molecular weight excluding hydrogens is 260 g/mol. The summed E-state index contributed by atoms with van der Waals surface area (Å²) in [5.74, 6) is 0. The predicted octanol–water partition coefficient (Wildman–Crippen LogP) is 3.49. The maximum Gasteiger partial charge on any atom is 0.266 e. The van der Waals surface area contributed by atoms with E-state index < -0.39 is 0 Å². The Morgan fingerprint density at radius 2 is 1.79 bits per heavy atom. The van der Waals surface area contributed by atoms with E-state index in [9.17, 15) is 10.1 Å². The fourth-order valence-corrected chi connectivity index (χ4v) is 2.30. The van der Waals surface area contributed by atoms with Crippen molar-refractivity contribution in [3.63, 3.8) is 0 Å². The molecule has 0 saturated carbocycles. The number of hydrogen-bond acceptors (Lipinski definition) is 2. The monoisotopic (exact) mass is 272 g/mol. The summed E-state index contributed by atoms with van der Waals surface area (Å²) in [6.45, 7) is 5.61. The van der Waals surface area contributed by atoms with E-state index in [1.807, 2.05) is 38.1 Å². The van der Waals surface area contributed by atoms with Crippen LogP contribution in [0.3, 0.4) is 0 Å². The minimum absolute atomic E-state index is 0.135. The van der Waals surface area contributed by atoms with Gasteiger partial charge in [0, 0.05) is 16.3 Å². The first-order chi connectivity index (χ1) is 8.93. The summed E-state index contributed by atoms with van der Waals surface area (Å²) >= 11 is 6.08. The quantitative estimate of drug-likeness (QED) is 0.864. The zero-order valence-electron chi connectivity index (χ0n) is 11.0. The number of hydrogen-bond donors (Lipinski definition) is 1. The van der Waals surface area contributed by atoms with Gasteiger partial charge < -0.3 is 4.98 Å². The van der Waals surface area contributed by atoms with Crippen LogP contribution in [-0.2, 0) is 0 Å². The molecule has 0 unspecified atom stereocenters. The van der Waals surface area contributed by atoms with Crippen molar-refractivity contribution in [3.8, 4) is 17.2 Å². The molecule has 0 aliphatic carbocycles. The largest absolute Gasteiger partial charge is 0.325 e. The molecule has 2 rings (SSSR count). The first-order valence-corrected chi connectivity index (χ1v) is 6.23. The van der Waals surface area contributed by atoms with Gasteiger partial charge in [0.15, 0.2) is 0 Å². The molecule has 0 amide bonds. The number of aromatic nitrogens is 1. The highest BCUT2D eigenvalue weighted by Crippen LogP contribution is 2.30. The van der Waals surface area contributed by atoms with Crippen LogP contribution in [-0.4, -0.2) is 4.98 Å². The van der Waals surface area contributed by atoms with Gasteiger partial charge in [0.1, 0.15) is 11.6 Å². The van der Waals surface area contributed by atoms with Crippen LogP contribution in [0.4, 0.5) is 0 Å². The highest BCUT2D eigenvalue weighted by atomic mass is 35.5. The topological polar surface area (TPSA) is 56.6 Å². The van der Waals surface area contributed by atoms with Crippen LogP contribution in [0, 0.1) is 32.1 Å². The lowest BCUT2D eigenvalue weighted by Crippen LogP contribution is -2.13. The molecule has 3 nitrogen and oxygen atoms in total. The van der Waals surface area contributed by atoms with Crippen molar-refractivity contribution in [2.24, 2.45) is 0 Å². The number of nitrogens with zero attached hydrogens (tertiary/aromatic N) is 1. The Morgan fingerprint density at radius 1 is 1.11 bits per heavy atom. The van der Waals surface area contributed by atoms with Crippen LogP contribution in [0.1, 0.15) is 22.4 Å². The Labute approximate surface area is 116 Å². The molecule has 0 radical (unpaired) electrons. The Bertz CT molecular complexity index is 754. The summed E-state index contributed by atoms with van der Waals surface area (Å²) < 4.78 is 0. The van der Waals surface area contributed by atoms with E-state index in [2.05, 4.69) is 4.98 Å². The smallest absolute Gasteiger partial charge is 0.266 e. The Balaban J connectivity index is 2.83. The summed E-state index contributed by atoms with van der Waals surface area (Å²) in [6, 6.07) is 7.55. The van der Waals surface area contributed by atoms with E-state index in [0.717, 1.165) is 22.4 Å². The van der Waals surface area contributed by atoms with Gasteiger partial charge in [-0.05, 0) is 55.7 Å². The Hall–Kier alpha value is -2.05. The molecule has 1 heterocycles. The van der Waals surface area contributed by atoms with Crippen molar-refractivity contribution in [2.45, 2.75) is 20.8 Å². The molecule has 0 aliphatic heterocycles. The van der Waals surface area contributed by atoms with Crippen LogP contribution < -0.4 is 5.56 Å². The lowest BCUT2D eigenvalue weighted by Gasteiger charge is -2.11. The molecule has 0 atom stereocenters. The Morgan fingerprint density at radius 3 is 2.42 bits per heavy atom. The number of halogens is 1. The fraction of sp³-hybridized carbons (Fsp3) is 0.200. The van der Waals surface area contributed by atoms with Crippen molar-refractivity contribution >= 4 is 11.6 Å². The minimum atomic E-state index is -0.357. The second-order valence-corrected chi connectivity index (χ2v) is 5.01. The SMILES string of the molecule is Cc1cc(-c2cc(C)c(Cl)cc2C)c(C#N)c(=O)[nH]1. The first-order valence-electron chi connectivity index (χ1n) is 5.85. The third-order valence-electron chi connectivity index (χ3n) is 3.08. The number of aryl methyl sites for hydroxylation is 3. The molecule has 0 bridgehead atoms. The second kappa shape index (κ2) is 4.91. The van der Waals surface area contributed by atoms with E-state index in [1.54, 1.807) is 6.92 Å². The van der Waals surface area contributed by atoms with E-state index >= 15 is 0 Å². The molecule has 0 fully saturated rings. The van der Waals surface area contributed by atoms with Crippen molar-refractivity contribution in [1.82, 2.24) is 4.98 Å². The number of H-pyrrole nitrogens is 1. The van der Waals surface area contributed by atoms with Crippen LogP contribution in [0.25, 0.3) is 11.1 Å². The summed E-state index contributed by atoms with van der Waals surface area (Å²) in [5.41, 5.74) is 3.89. The van der Waals surface area contributed by atoms with Crippen LogP contribution >= 0.6 is 11.6 Å². The van der Waals surface area contributed by atoms with Gasteiger partial charge >= 0.3 is 0 Å². The average molecular weight is 273 g/mol. The number of nitrogens with one attached hydrogen (secondary N) is 1. The molecule has 0 spiro atoms. The molecular formula is C15H13ClN2O. The zero-order chi connectivity index (χ0) is 14.2. The molecule has 1 aromatic carbocycles. The van der Waals surface area contributed by atoms with E-state index in [-0.39, 0.29) is 11.1 Å². The normalized spacial score (nSPS) is 10.3. The number of rotatable bonds is 1. The van der Waals surface area contributed by atoms with Crippen molar-refractivity contribution in [2.75, 3.05) is 0 Å². The molecule has 4 heteroatoms. The lowest BCUT2D eigenvalue weighted by atomic mass is 9.95. The van der Waals surface area contributed by atoms with Gasteiger partial charge in [-0.25, -0.2) is 0 Å². The third-order valence-corrected chi connectivity index (χ3v) is 3.48. The second-order valence-electron chi connectivity index (χ2n) is 4.60. The molecule has 19 heavy (non-hydrogen) atoms.